The summed E-state index contributed by atoms with van der Waals surface area (Å²) < 4.78 is 5.82. The number of hydrogen-bond acceptors (Lipinski definition) is 3. The summed E-state index contributed by atoms with van der Waals surface area (Å²) in [6, 6.07) is 0. The number of rotatable bonds is 3. The van der Waals surface area contributed by atoms with Crippen LogP contribution in [0.5, 0.6) is 0 Å². The first kappa shape index (κ1) is 10.3. The van der Waals surface area contributed by atoms with Crippen molar-refractivity contribution < 1.29 is 4.74 Å². The number of nitrogens with one attached hydrogen (secondary N) is 1. The van der Waals surface area contributed by atoms with Crippen molar-refractivity contribution in [2.24, 2.45) is 5.92 Å². The number of morpholine rings is 1. The number of aromatic amines is 1. The summed E-state index contributed by atoms with van der Waals surface area (Å²) in [5, 5.41) is 7.13. The van der Waals surface area contributed by atoms with Crippen LogP contribution in [0.15, 0.2) is 6.20 Å². The molecule has 0 unspecified atom stereocenters. The standard InChI is InChI=1S/C12H19N3O/c1-9-6-13-14-12(9)11-8-15(4-5-16-11)7-10-2-3-10/h6,10-11H,2-5,7-8H2,1H3,(H,13,14)/t11-/m1/s1. The highest BCUT2D eigenvalue weighted by Crippen LogP contribution is 2.31. The minimum absolute atomic E-state index is 0.190. The Balaban J connectivity index is 1.64. The van der Waals surface area contributed by atoms with Crippen LogP contribution in [0.4, 0.5) is 0 Å². The van der Waals surface area contributed by atoms with Crippen LogP contribution in [-0.4, -0.2) is 41.3 Å². The number of aryl methyl sites for hydroxylation is 1. The van der Waals surface area contributed by atoms with E-state index in [4.69, 9.17) is 4.74 Å². The van der Waals surface area contributed by atoms with Gasteiger partial charge < -0.3 is 4.74 Å². The van der Waals surface area contributed by atoms with Crippen molar-refractivity contribution >= 4 is 0 Å². The summed E-state index contributed by atoms with van der Waals surface area (Å²) in [5.41, 5.74) is 2.36. The van der Waals surface area contributed by atoms with Gasteiger partial charge in [-0.25, -0.2) is 0 Å². The summed E-state index contributed by atoms with van der Waals surface area (Å²) >= 11 is 0. The van der Waals surface area contributed by atoms with E-state index in [0.29, 0.717) is 0 Å². The van der Waals surface area contributed by atoms with E-state index in [-0.39, 0.29) is 6.10 Å². The third kappa shape index (κ3) is 2.13. The molecule has 1 aliphatic carbocycles. The van der Waals surface area contributed by atoms with Crippen LogP contribution >= 0.6 is 0 Å². The molecule has 0 aromatic carbocycles. The fourth-order valence-electron chi connectivity index (χ4n) is 2.39. The smallest absolute Gasteiger partial charge is 0.112 e. The van der Waals surface area contributed by atoms with Crippen LogP contribution in [0.2, 0.25) is 0 Å². The van der Waals surface area contributed by atoms with Gasteiger partial charge in [0.2, 0.25) is 0 Å². The van der Waals surface area contributed by atoms with Gasteiger partial charge in [0.15, 0.2) is 0 Å². The second kappa shape index (κ2) is 4.18. The third-order valence-electron chi connectivity index (χ3n) is 3.55. The Morgan fingerprint density at radius 3 is 3.12 bits per heavy atom. The van der Waals surface area contributed by atoms with E-state index in [0.717, 1.165) is 31.3 Å². The average Bonchev–Trinajstić information content (AvgIpc) is 2.99. The molecule has 1 N–H and O–H groups in total. The number of aromatic nitrogens is 2. The molecule has 4 nitrogen and oxygen atoms in total. The van der Waals surface area contributed by atoms with E-state index in [2.05, 4.69) is 22.0 Å². The van der Waals surface area contributed by atoms with E-state index in [1.807, 2.05) is 6.20 Å². The van der Waals surface area contributed by atoms with Gasteiger partial charge in [0, 0.05) is 19.6 Å². The molecule has 1 aromatic heterocycles. The van der Waals surface area contributed by atoms with Gasteiger partial charge in [0.1, 0.15) is 6.10 Å². The molecule has 0 amide bonds. The topological polar surface area (TPSA) is 41.2 Å². The number of H-pyrrole nitrogens is 1. The van der Waals surface area contributed by atoms with E-state index >= 15 is 0 Å². The predicted molar refractivity (Wildman–Crippen MR) is 61.2 cm³/mol. The fraction of sp³-hybridized carbons (Fsp3) is 0.750. The van der Waals surface area contributed by atoms with Crippen molar-refractivity contribution in [3.8, 4) is 0 Å². The fourth-order valence-corrected chi connectivity index (χ4v) is 2.39. The Kier molecular flexibility index (Phi) is 2.69. The molecule has 0 spiro atoms. The van der Waals surface area contributed by atoms with Crippen molar-refractivity contribution in [1.82, 2.24) is 15.1 Å². The highest BCUT2D eigenvalue weighted by molar-refractivity contribution is 5.17. The highest BCUT2D eigenvalue weighted by atomic mass is 16.5. The van der Waals surface area contributed by atoms with Crippen LogP contribution in [0, 0.1) is 12.8 Å². The first-order chi connectivity index (χ1) is 7.83. The van der Waals surface area contributed by atoms with Crippen molar-refractivity contribution in [3.63, 3.8) is 0 Å². The lowest BCUT2D eigenvalue weighted by molar-refractivity contribution is -0.0337. The first-order valence-electron chi connectivity index (χ1n) is 6.17. The van der Waals surface area contributed by atoms with Crippen LogP contribution in [-0.2, 0) is 4.74 Å². The van der Waals surface area contributed by atoms with Crippen molar-refractivity contribution in [3.05, 3.63) is 17.5 Å². The molecule has 1 aromatic rings. The molecule has 88 valence electrons. The molecular weight excluding hydrogens is 202 g/mol. The summed E-state index contributed by atoms with van der Waals surface area (Å²) in [7, 11) is 0. The molecule has 16 heavy (non-hydrogen) atoms. The Hall–Kier alpha value is -0.870. The van der Waals surface area contributed by atoms with Crippen LogP contribution in [0.25, 0.3) is 0 Å². The maximum Gasteiger partial charge on any atom is 0.112 e. The third-order valence-corrected chi connectivity index (χ3v) is 3.55. The summed E-state index contributed by atoms with van der Waals surface area (Å²) in [4.78, 5) is 2.53. The molecular formula is C12H19N3O. The quantitative estimate of drug-likeness (QED) is 0.841. The molecule has 2 aliphatic rings. The normalized spacial score (nSPS) is 27.2. The van der Waals surface area contributed by atoms with E-state index in [1.165, 1.54) is 24.9 Å². The van der Waals surface area contributed by atoms with Crippen molar-refractivity contribution in [2.75, 3.05) is 26.2 Å². The molecule has 1 aliphatic heterocycles. The first-order valence-corrected chi connectivity index (χ1v) is 6.17. The lowest BCUT2D eigenvalue weighted by Gasteiger charge is -2.32. The minimum atomic E-state index is 0.190. The zero-order valence-corrected chi connectivity index (χ0v) is 9.78. The lowest BCUT2D eigenvalue weighted by Crippen LogP contribution is -2.39. The zero-order valence-electron chi connectivity index (χ0n) is 9.78. The summed E-state index contributed by atoms with van der Waals surface area (Å²) in [6.07, 6.45) is 4.91. The monoisotopic (exact) mass is 221 g/mol. The van der Waals surface area contributed by atoms with Gasteiger partial charge >= 0.3 is 0 Å². The molecule has 3 rings (SSSR count). The van der Waals surface area contributed by atoms with Gasteiger partial charge in [-0.05, 0) is 31.2 Å². The summed E-state index contributed by atoms with van der Waals surface area (Å²) in [6.45, 7) is 6.28. The lowest BCUT2D eigenvalue weighted by atomic mass is 10.1. The average molecular weight is 221 g/mol. The van der Waals surface area contributed by atoms with Gasteiger partial charge in [-0.15, -0.1) is 0 Å². The van der Waals surface area contributed by atoms with E-state index in [1.54, 1.807) is 0 Å². The number of hydrogen-bond donors (Lipinski definition) is 1. The van der Waals surface area contributed by atoms with Crippen LogP contribution < -0.4 is 0 Å². The predicted octanol–water partition coefficient (Wildman–Crippen LogP) is 1.50. The maximum atomic E-state index is 5.82. The Morgan fingerprint density at radius 1 is 1.56 bits per heavy atom. The molecule has 2 fully saturated rings. The molecule has 1 saturated carbocycles. The van der Waals surface area contributed by atoms with Gasteiger partial charge in [0.25, 0.3) is 0 Å². The van der Waals surface area contributed by atoms with Crippen LogP contribution in [0.3, 0.4) is 0 Å². The van der Waals surface area contributed by atoms with Gasteiger partial charge in [-0.1, -0.05) is 0 Å². The van der Waals surface area contributed by atoms with Crippen LogP contribution in [0.1, 0.15) is 30.2 Å². The zero-order chi connectivity index (χ0) is 11.0. The van der Waals surface area contributed by atoms with Gasteiger partial charge in [-0.2, -0.15) is 5.10 Å². The highest BCUT2D eigenvalue weighted by Gasteiger charge is 2.29. The molecule has 1 saturated heterocycles. The molecule has 4 heteroatoms. The summed E-state index contributed by atoms with van der Waals surface area (Å²) in [5.74, 6) is 0.960. The van der Waals surface area contributed by atoms with Gasteiger partial charge in [0.05, 0.1) is 18.5 Å². The SMILES string of the molecule is Cc1cn[nH]c1[C@H]1CN(CC2CC2)CCO1. The molecule has 0 bridgehead atoms. The Bertz CT molecular complexity index is 359. The molecule has 0 radical (unpaired) electrons. The van der Waals surface area contributed by atoms with E-state index < -0.39 is 0 Å². The number of ether oxygens (including phenoxy) is 1. The second-order valence-electron chi connectivity index (χ2n) is 5.03. The Morgan fingerprint density at radius 2 is 2.44 bits per heavy atom. The molecule has 1 atom stereocenters. The molecule has 2 heterocycles. The van der Waals surface area contributed by atoms with Gasteiger partial charge in [-0.3, -0.25) is 10.00 Å². The van der Waals surface area contributed by atoms with E-state index in [9.17, 15) is 0 Å². The van der Waals surface area contributed by atoms with Crippen molar-refractivity contribution in [2.45, 2.75) is 25.9 Å². The number of nitrogens with zero attached hydrogens (tertiary/aromatic N) is 2. The second-order valence-corrected chi connectivity index (χ2v) is 5.03. The Labute approximate surface area is 96.0 Å². The minimum Gasteiger partial charge on any atom is -0.369 e. The maximum absolute atomic E-state index is 5.82. The largest absolute Gasteiger partial charge is 0.369 e. The van der Waals surface area contributed by atoms with Crippen molar-refractivity contribution in [1.29, 1.82) is 0 Å².